The molecule has 1 atom stereocenters. The van der Waals surface area contributed by atoms with Crippen molar-refractivity contribution in [1.82, 2.24) is 10.4 Å². The first kappa shape index (κ1) is 7.98. The summed E-state index contributed by atoms with van der Waals surface area (Å²) in [5, 5.41) is 0. The zero-order chi connectivity index (χ0) is 7.40. The molecule has 1 aliphatic heterocycles. The Hall–Kier alpha value is -0.120. The Morgan fingerprint density at radius 3 is 3.00 bits per heavy atom. The van der Waals surface area contributed by atoms with Gasteiger partial charge >= 0.3 is 0 Å². The highest BCUT2D eigenvalue weighted by Gasteiger charge is 2.20. The van der Waals surface area contributed by atoms with E-state index in [1.807, 2.05) is 0 Å². The molecule has 1 N–H and O–H groups in total. The third-order valence-electron chi connectivity index (χ3n) is 2.09. The molecule has 0 aromatic rings. The van der Waals surface area contributed by atoms with Crippen molar-refractivity contribution in [2.45, 2.75) is 18.9 Å². The van der Waals surface area contributed by atoms with Gasteiger partial charge in [-0.3, -0.25) is 0 Å². The standard InChI is InChI=1S/C7H16N2O/c1-8-10-6-7-4-3-5-9(7)2/h7-8H,3-6H2,1-2H3/t7-/m1/s1. The minimum atomic E-state index is 0.632. The van der Waals surface area contributed by atoms with Crippen molar-refractivity contribution in [3.05, 3.63) is 0 Å². The summed E-state index contributed by atoms with van der Waals surface area (Å²) in [6, 6.07) is 0.632. The Kier molecular flexibility index (Phi) is 3.12. The van der Waals surface area contributed by atoms with Crippen LogP contribution in [0.25, 0.3) is 0 Å². The largest absolute Gasteiger partial charge is 0.301 e. The van der Waals surface area contributed by atoms with Crippen LogP contribution in [0.1, 0.15) is 12.8 Å². The molecular formula is C7H16N2O. The summed E-state index contributed by atoms with van der Waals surface area (Å²) in [7, 11) is 3.95. The van der Waals surface area contributed by atoms with E-state index < -0.39 is 0 Å². The van der Waals surface area contributed by atoms with Gasteiger partial charge in [-0.05, 0) is 26.4 Å². The minimum Gasteiger partial charge on any atom is -0.301 e. The first-order valence-corrected chi connectivity index (χ1v) is 3.83. The van der Waals surface area contributed by atoms with E-state index in [9.17, 15) is 0 Å². The van der Waals surface area contributed by atoms with Crippen LogP contribution in [0.2, 0.25) is 0 Å². The lowest BCUT2D eigenvalue weighted by Gasteiger charge is -2.18. The van der Waals surface area contributed by atoms with Gasteiger partial charge in [-0.2, -0.15) is 0 Å². The fourth-order valence-electron chi connectivity index (χ4n) is 1.37. The molecule has 1 fully saturated rings. The van der Waals surface area contributed by atoms with Crippen LogP contribution < -0.4 is 5.48 Å². The minimum absolute atomic E-state index is 0.632. The van der Waals surface area contributed by atoms with Gasteiger partial charge in [0.25, 0.3) is 0 Å². The molecule has 0 radical (unpaired) electrons. The maximum atomic E-state index is 5.10. The molecule has 3 nitrogen and oxygen atoms in total. The van der Waals surface area contributed by atoms with E-state index in [2.05, 4.69) is 17.4 Å². The lowest BCUT2D eigenvalue weighted by atomic mass is 10.2. The summed E-state index contributed by atoms with van der Waals surface area (Å²) in [6.45, 7) is 2.03. The van der Waals surface area contributed by atoms with E-state index in [0.29, 0.717) is 6.04 Å². The Balaban J connectivity index is 2.14. The topological polar surface area (TPSA) is 24.5 Å². The molecule has 60 valence electrons. The number of nitrogens with one attached hydrogen (secondary N) is 1. The van der Waals surface area contributed by atoms with Gasteiger partial charge in [0.15, 0.2) is 0 Å². The normalized spacial score (nSPS) is 27.6. The fraction of sp³-hybridized carbons (Fsp3) is 1.00. The highest BCUT2D eigenvalue weighted by atomic mass is 16.6. The molecule has 0 aromatic carbocycles. The Bertz CT molecular complexity index is 97.6. The molecule has 0 saturated carbocycles. The van der Waals surface area contributed by atoms with E-state index in [-0.39, 0.29) is 0 Å². The van der Waals surface area contributed by atoms with Crippen LogP contribution in [-0.4, -0.2) is 38.2 Å². The molecule has 0 amide bonds. The monoisotopic (exact) mass is 144 g/mol. The zero-order valence-corrected chi connectivity index (χ0v) is 6.76. The predicted octanol–water partition coefficient (Wildman–Crippen LogP) is 0.232. The molecule has 1 heterocycles. The number of rotatable bonds is 3. The molecule has 1 saturated heterocycles. The number of hydroxylamine groups is 1. The van der Waals surface area contributed by atoms with Gasteiger partial charge in [-0.15, -0.1) is 0 Å². The molecule has 0 unspecified atom stereocenters. The van der Waals surface area contributed by atoms with Gasteiger partial charge < -0.3 is 9.74 Å². The molecule has 0 bridgehead atoms. The van der Waals surface area contributed by atoms with Crippen LogP contribution in [0.5, 0.6) is 0 Å². The predicted molar refractivity (Wildman–Crippen MR) is 40.7 cm³/mol. The summed E-state index contributed by atoms with van der Waals surface area (Å²) >= 11 is 0. The van der Waals surface area contributed by atoms with E-state index in [1.54, 1.807) is 7.05 Å². The van der Waals surface area contributed by atoms with Gasteiger partial charge in [0, 0.05) is 13.1 Å². The van der Waals surface area contributed by atoms with Crippen molar-refractivity contribution < 1.29 is 4.84 Å². The smallest absolute Gasteiger partial charge is 0.0837 e. The molecule has 0 aromatic heterocycles. The average molecular weight is 144 g/mol. The summed E-state index contributed by atoms with van der Waals surface area (Å²) < 4.78 is 0. The number of likely N-dealkylation sites (N-methyl/N-ethyl adjacent to an activating group) is 1. The maximum absolute atomic E-state index is 5.10. The summed E-state index contributed by atoms with van der Waals surface area (Å²) in [5.74, 6) is 0. The zero-order valence-electron chi connectivity index (χ0n) is 6.76. The van der Waals surface area contributed by atoms with Crippen molar-refractivity contribution in [3.63, 3.8) is 0 Å². The first-order valence-electron chi connectivity index (χ1n) is 3.83. The fourth-order valence-corrected chi connectivity index (χ4v) is 1.37. The molecule has 3 heteroatoms. The van der Waals surface area contributed by atoms with E-state index in [4.69, 9.17) is 4.84 Å². The molecular weight excluding hydrogens is 128 g/mol. The Morgan fingerprint density at radius 2 is 2.50 bits per heavy atom. The van der Waals surface area contributed by atoms with Gasteiger partial charge in [0.1, 0.15) is 0 Å². The van der Waals surface area contributed by atoms with Crippen LogP contribution in [0, 0.1) is 0 Å². The third kappa shape index (κ3) is 1.94. The van der Waals surface area contributed by atoms with Crippen molar-refractivity contribution in [3.8, 4) is 0 Å². The second-order valence-electron chi connectivity index (χ2n) is 2.79. The van der Waals surface area contributed by atoms with Crippen molar-refractivity contribution in [2.75, 3.05) is 27.2 Å². The van der Waals surface area contributed by atoms with Gasteiger partial charge in [0.2, 0.25) is 0 Å². The third-order valence-corrected chi connectivity index (χ3v) is 2.09. The Labute approximate surface area is 62.3 Å². The van der Waals surface area contributed by atoms with Crippen LogP contribution in [0.15, 0.2) is 0 Å². The van der Waals surface area contributed by atoms with Crippen molar-refractivity contribution in [2.24, 2.45) is 0 Å². The summed E-state index contributed by atoms with van der Waals surface area (Å²) in [5.41, 5.74) is 2.69. The van der Waals surface area contributed by atoms with E-state index in [1.165, 1.54) is 19.4 Å². The number of nitrogens with zero attached hydrogens (tertiary/aromatic N) is 1. The molecule has 0 aliphatic carbocycles. The quantitative estimate of drug-likeness (QED) is 0.574. The van der Waals surface area contributed by atoms with E-state index in [0.717, 1.165) is 6.61 Å². The SMILES string of the molecule is CNOC[C@H]1CCCN1C. The van der Waals surface area contributed by atoms with Crippen LogP contribution in [-0.2, 0) is 4.84 Å². The van der Waals surface area contributed by atoms with E-state index >= 15 is 0 Å². The lowest BCUT2D eigenvalue weighted by Crippen LogP contribution is -2.31. The van der Waals surface area contributed by atoms with Crippen LogP contribution in [0.4, 0.5) is 0 Å². The maximum Gasteiger partial charge on any atom is 0.0837 e. The van der Waals surface area contributed by atoms with Gasteiger partial charge in [0.05, 0.1) is 6.61 Å². The molecule has 1 rings (SSSR count). The van der Waals surface area contributed by atoms with Crippen molar-refractivity contribution in [1.29, 1.82) is 0 Å². The summed E-state index contributed by atoms with van der Waals surface area (Å²) in [6.07, 6.45) is 2.59. The lowest BCUT2D eigenvalue weighted by molar-refractivity contribution is 0.0251. The second kappa shape index (κ2) is 3.91. The number of hydrogen-bond acceptors (Lipinski definition) is 3. The molecule has 1 aliphatic rings. The molecule has 10 heavy (non-hydrogen) atoms. The first-order chi connectivity index (χ1) is 4.84. The highest BCUT2D eigenvalue weighted by molar-refractivity contribution is 4.75. The summed E-state index contributed by atoms with van der Waals surface area (Å²) in [4.78, 5) is 7.44. The van der Waals surface area contributed by atoms with Crippen LogP contribution >= 0.6 is 0 Å². The van der Waals surface area contributed by atoms with Crippen LogP contribution in [0.3, 0.4) is 0 Å². The molecule has 0 spiro atoms. The Morgan fingerprint density at radius 1 is 1.70 bits per heavy atom. The average Bonchev–Trinajstić information content (AvgIpc) is 2.31. The van der Waals surface area contributed by atoms with Gasteiger partial charge in [-0.1, -0.05) is 0 Å². The van der Waals surface area contributed by atoms with Gasteiger partial charge in [-0.25, -0.2) is 5.48 Å². The highest BCUT2D eigenvalue weighted by Crippen LogP contribution is 2.13. The van der Waals surface area contributed by atoms with Crippen molar-refractivity contribution >= 4 is 0 Å². The number of likely N-dealkylation sites (tertiary alicyclic amines) is 1. The second-order valence-corrected chi connectivity index (χ2v) is 2.79. The number of hydrogen-bond donors (Lipinski definition) is 1.